The van der Waals surface area contributed by atoms with Gasteiger partial charge in [0.05, 0.1) is 6.04 Å². The Morgan fingerprint density at radius 2 is 1.53 bits per heavy atom. The lowest BCUT2D eigenvalue weighted by Crippen LogP contribution is -2.32. The molecule has 2 atom stereocenters. The van der Waals surface area contributed by atoms with Crippen molar-refractivity contribution in [3.8, 4) is 5.75 Å². The SMILES string of the molecule is C[C@@H](NC(c1ccccc1)c1cccc(Nc2c(O)c(=O)c2=O)c1)c1cccc(F)c1F. The summed E-state index contributed by atoms with van der Waals surface area (Å²) in [5.41, 5.74) is 0.533. The van der Waals surface area contributed by atoms with Crippen molar-refractivity contribution in [2.75, 3.05) is 5.32 Å². The summed E-state index contributed by atoms with van der Waals surface area (Å²) in [6, 6.07) is 19.7. The van der Waals surface area contributed by atoms with E-state index in [1.807, 2.05) is 36.4 Å². The molecule has 0 aromatic heterocycles. The van der Waals surface area contributed by atoms with Crippen LogP contribution >= 0.6 is 0 Å². The highest BCUT2D eigenvalue weighted by molar-refractivity contribution is 5.69. The van der Waals surface area contributed by atoms with Crippen molar-refractivity contribution in [3.05, 3.63) is 122 Å². The van der Waals surface area contributed by atoms with Crippen LogP contribution in [0.15, 0.2) is 82.4 Å². The Kier molecular flexibility index (Phi) is 5.83. The summed E-state index contributed by atoms with van der Waals surface area (Å²) in [4.78, 5) is 22.9. The molecule has 0 aliphatic carbocycles. The number of hydrogen-bond donors (Lipinski definition) is 3. The third kappa shape index (κ3) is 4.02. The average Bonchev–Trinajstić information content (AvgIpc) is 2.82. The predicted molar refractivity (Wildman–Crippen MR) is 119 cm³/mol. The molecule has 0 spiro atoms. The second-order valence-corrected chi connectivity index (χ2v) is 7.51. The highest BCUT2D eigenvalue weighted by Gasteiger charge is 2.23. The third-order valence-corrected chi connectivity index (χ3v) is 5.37. The van der Waals surface area contributed by atoms with E-state index in [4.69, 9.17) is 0 Å². The fourth-order valence-corrected chi connectivity index (χ4v) is 3.66. The predicted octanol–water partition coefficient (Wildman–Crippen LogP) is 4.45. The summed E-state index contributed by atoms with van der Waals surface area (Å²) >= 11 is 0. The van der Waals surface area contributed by atoms with Crippen LogP contribution in [0.2, 0.25) is 0 Å². The molecule has 4 aromatic rings. The van der Waals surface area contributed by atoms with Gasteiger partial charge >= 0.3 is 0 Å². The molecule has 4 aromatic carbocycles. The monoisotopic (exact) mass is 434 g/mol. The van der Waals surface area contributed by atoms with Gasteiger partial charge in [0.1, 0.15) is 5.69 Å². The Morgan fingerprint density at radius 1 is 0.844 bits per heavy atom. The normalized spacial score (nSPS) is 13.1. The molecule has 32 heavy (non-hydrogen) atoms. The van der Waals surface area contributed by atoms with Crippen molar-refractivity contribution >= 4 is 11.4 Å². The summed E-state index contributed by atoms with van der Waals surface area (Å²) < 4.78 is 28.1. The standard InChI is InChI=1S/C25H20F2N2O3/c1-14(18-11-6-12-19(26)20(18)27)28-21(15-7-3-2-4-8-15)16-9-5-10-17(13-16)29-22-23(30)25(32)24(22)31/h2-14,21,28-30H,1H3/t14-,21?/m1/s1. The molecule has 0 amide bonds. The van der Waals surface area contributed by atoms with E-state index in [9.17, 15) is 23.5 Å². The largest absolute Gasteiger partial charge is 0.502 e. The van der Waals surface area contributed by atoms with E-state index in [-0.39, 0.29) is 11.3 Å². The van der Waals surface area contributed by atoms with Crippen molar-refractivity contribution in [1.82, 2.24) is 5.32 Å². The summed E-state index contributed by atoms with van der Waals surface area (Å²) in [5.74, 6) is -2.40. The van der Waals surface area contributed by atoms with Gasteiger partial charge < -0.3 is 10.4 Å². The molecular formula is C25H20F2N2O3. The summed E-state index contributed by atoms with van der Waals surface area (Å²) in [6.07, 6.45) is 0. The highest BCUT2D eigenvalue weighted by Crippen LogP contribution is 2.30. The minimum atomic E-state index is -0.918. The molecule has 0 radical (unpaired) electrons. The van der Waals surface area contributed by atoms with Gasteiger partial charge in [0.2, 0.25) is 0 Å². The average molecular weight is 434 g/mol. The highest BCUT2D eigenvalue weighted by atomic mass is 19.2. The zero-order valence-electron chi connectivity index (χ0n) is 17.1. The van der Waals surface area contributed by atoms with Crippen molar-refractivity contribution in [1.29, 1.82) is 0 Å². The molecule has 0 heterocycles. The van der Waals surface area contributed by atoms with E-state index < -0.39 is 40.3 Å². The van der Waals surface area contributed by atoms with Crippen molar-refractivity contribution in [2.24, 2.45) is 0 Å². The zero-order valence-corrected chi connectivity index (χ0v) is 17.1. The van der Waals surface area contributed by atoms with Gasteiger partial charge in [-0.15, -0.1) is 0 Å². The van der Waals surface area contributed by atoms with Crippen LogP contribution < -0.4 is 21.5 Å². The number of rotatable bonds is 7. The first-order valence-corrected chi connectivity index (χ1v) is 10.0. The fourth-order valence-electron chi connectivity index (χ4n) is 3.66. The van der Waals surface area contributed by atoms with Crippen molar-refractivity contribution in [2.45, 2.75) is 19.0 Å². The van der Waals surface area contributed by atoms with Gasteiger partial charge in [0.15, 0.2) is 17.4 Å². The molecule has 1 unspecified atom stereocenters. The zero-order chi connectivity index (χ0) is 22.8. The number of hydrogen-bond acceptors (Lipinski definition) is 5. The molecular weight excluding hydrogens is 414 g/mol. The first-order valence-electron chi connectivity index (χ1n) is 10.0. The molecule has 0 saturated heterocycles. The third-order valence-electron chi connectivity index (χ3n) is 5.37. The van der Waals surface area contributed by atoms with Gasteiger partial charge in [-0.05, 0) is 36.2 Å². The summed E-state index contributed by atoms with van der Waals surface area (Å²) in [6.45, 7) is 1.75. The molecule has 0 fully saturated rings. The molecule has 0 aliphatic rings. The molecule has 0 saturated carbocycles. The first-order chi connectivity index (χ1) is 15.4. The minimum absolute atomic E-state index is 0.147. The maximum atomic E-state index is 14.4. The number of anilines is 2. The Morgan fingerprint density at radius 3 is 2.25 bits per heavy atom. The van der Waals surface area contributed by atoms with Gasteiger partial charge in [-0.1, -0.05) is 54.6 Å². The van der Waals surface area contributed by atoms with Crippen LogP contribution in [0.1, 0.15) is 35.7 Å². The lowest BCUT2D eigenvalue weighted by Gasteiger charge is -2.25. The smallest absolute Gasteiger partial charge is 0.271 e. The molecule has 162 valence electrons. The van der Waals surface area contributed by atoms with E-state index in [1.165, 1.54) is 12.1 Å². The lowest BCUT2D eigenvalue weighted by molar-refractivity contribution is 0.458. The Labute approximate surface area is 182 Å². The Bertz CT molecular complexity index is 1330. The van der Waals surface area contributed by atoms with E-state index in [0.717, 1.165) is 17.2 Å². The number of benzene rings is 3. The molecule has 0 bridgehead atoms. The van der Waals surface area contributed by atoms with E-state index in [0.29, 0.717) is 5.69 Å². The van der Waals surface area contributed by atoms with E-state index in [1.54, 1.807) is 25.1 Å². The van der Waals surface area contributed by atoms with Crippen LogP contribution in [0.4, 0.5) is 20.2 Å². The van der Waals surface area contributed by atoms with Crippen molar-refractivity contribution in [3.63, 3.8) is 0 Å². The van der Waals surface area contributed by atoms with Crippen molar-refractivity contribution < 1.29 is 13.9 Å². The maximum Gasteiger partial charge on any atom is 0.271 e. The summed E-state index contributed by atoms with van der Waals surface area (Å²) in [5, 5.41) is 15.8. The van der Waals surface area contributed by atoms with Gasteiger partial charge in [-0.3, -0.25) is 14.9 Å². The minimum Gasteiger partial charge on any atom is -0.502 e. The number of nitrogens with one attached hydrogen (secondary N) is 2. The lowest BCUT2D eigenvalue weighted by atomic mass is 9.96. The molecule has 0 aliphatic heterocycles. The first kappa shape index (κ1) is 21.4. The van der Waals surface area contributed by atoms with Crippen LogP contribution in [-0.2, 0) is 0 Å². The maximum absolute atomic E-state index is 14.4. The van der Waals surface area contributed by atoms with Crippen LogP contribution in [0.5, 0.6) is 5.75 Å². The van der Waals surface area contributed by atoms with Gasteiger partial charge in [-0.25, -0.2) is 8.78 Å². The number of halogens is 2. The molecule has 7 heteroatoms. The molecule has 3 N–H and O–H groups in total. The summed E-state index contributed by atoms with van der Waals surface area (Å²) in [7, 11) is 0. The molecule has 5 nitrogen and oxygen atoms in total. The van der Waals surface area contributed by atoms with Gasteiger partial charge in [0, 0.05) is 17.3 Å². The van der Waals surface area contributed by atoms with Crippen LogP contribution in [-0.4, -0.2) is 5.11 Å². The fraction of sp³-hybridized carbons (Fsp3) is 0.120. The van der Waals surface area contributed by atoms with Gasteiger partial charge in [-0.2, -0.15) is 0 Å². The van der Waals surface area contributed by atoms with E-state index in [2.05, 4.69) is 10.6 Å². The topological polar surface area (TPSA) is 78.4 Å². The number of aromatic hydroxyl groups is 1. The quantitative estimate of drug-likeness (QED) is 0.375. The van der Waals surface area contributed by atoms with Crippen LogP contribution in [0.3, 0.4) is 0 Å². The second-order valence-electron chi connectivity index (χ2n) is 7.51. The van der Waals surface area contributed by atoms with Gasteiger partial charge in [0.25, 0.3) is 10.9 Å². The Balaban J connectivity index is 1.68. The second kappa shape index (κ2) is 8.72. The molecule has 4 rings (SSSR count). The van der Waals surface area contributed by atoms with E-state index >= 15 is 0 Å². The Hall–Kier alpha value is -3.84. The van der Waals surface area contributed by atoms with Crippen LogP contribution in [0, 0.1) is 11.6 Å². The van der Waals surface area contributed by atoms with Crippen LogP contribution in [0.25, 0.3) is 0 Å².